The molecule has 0 aliphatic carbocycles. The molecule has 0 spiro atoms. The van der Waals surface area contributed by atoms with Crippen LogP contribution in [0.5, 0.6) is 0 Å². The number of rotatable bonds is 2. The molecule has 0 unspecified atom stereocenters. The van der Waals surface area contributed by atoms with Crippen LogP contribution in [0.2, 0.25) is 5.15 Å². The highest BCUT2D eigenvalue weighted by atomic mass is 35.5. The van der Waals surface area contributed by atoms with Gasteiger partial charge in [-0.25, -0.2) is 4.98 Å². The zero-order valence-corrected chi connectivity index (χ0v) is 10.3. The Balaban J connectivity index is 2.10. The van der Waals surface area contributed by atoms with Crippen LogP contribution in [0.3, 0.4) is 0 Å². The summed E-state index contributed by atoms with van der Waals surface area (Å²) in [6.07, 6.45) is 2.46. The molecule has 1 aromatic rings. The van der Waals surface area contributed by atoms with Crippen molar-refractivity contribution in [1.29, 1.82) is 0 Å². The van der Waals surface area contributed by atoms with Crippen molar-refractivity contribution in [3.05, 3.63) is 29.0 Å². The molecule has 2 amide bonds. The van der Waals surface area contributed by atoms with Gasteiger partial charge in [-0.05, 0) is 17.5 Å². The van der Waals surface area contributed by atoms with E-state index in [0.29, 0.717) is 18.0 Å². The molecule has 4 nitrogen and oxygen atoms in total. The predicted molar refractivity (Wildman–Crippen MR) is 63.2 cm³/mol. The molecule has 0 radical (unpaired) electrons. The smallest absolute Gasteiger partial charge is 0.229 e. The number of pyridine rings is 1. The van der Waals surface area contributed by atoms with Crippen LogP contribution < -0.4 is 0 Å². The van der Waals surface area contributed by atoms with E-state index < -0.39 is 0 Å². The van der Waals surface area contributed by atoms with E-state index in [-0.39, 0.29) is 24.3 Å². The van der Waals surface area contributed by atoms with Crippen molar-refractivity contribution < 1.29 is 9.59 Å². The van der Waals surface area contributed by atoms with Crippen LogP contribution in [0.1, 0.15) is 25.3 Å². The van der Waals surface area contributed by atoms with E-state index in [1.165, 1.54) is 4.90 Å². The number of aromatic nitrogens is 1. The summed E-state index contributed by atoms with van der Waals surface area (Å²) in [4.78, 5) is 28.7. The number of halogens is 1. The molecule has 1 fully saturated rings. The van der Waals surface area contributed by atoms with Crippen LogP contribution in [0, 0.1) is 5.92 Å². The van der Waals surface area contributed by atoms with Crippen LogP contribution >= 0.6 is 11.6 Å². The van der Waals surface area contributed by atoms with Crippen molar-refractivity contribution in [2.45, 2.75) is 26.3 Å². The molecule has 1 aromatic heterocycles. The summed E-state index contributed by atoms with van der Waals surface area (Å²) in [6, 6.07) is 3.42. The van der Waals surface area contributed by atoms with Gasteiger partial charge in [-0.3, -0.25) is 14.5 Å². The first-order valence-electron chi connectivity index (χ1n) is 5.50. The molecule has 90 valence electrons. The van der Waals surface area contributed by atoms with Crippen LogP contribution in [0.25, 0.3) is 0 Å². The maximum absolute atomic E-state index is 11.7. The topological polar surface area (TPSA) is 50.3 Å². The molecule has 1 saturated heterocycles. The first kappa shape index (κ1) is 12.0. The number of imide groups is 1. The first-order chi connectivity index (χ1) is 8.06. The van der Waals surface area contributed by atoms with Gasteiger partial charge in [0, 0.05) is 19.0 Å². The zero-order chi connectivity index (χ0) is 12.4. The van der Waals surface area contributed by atoms with Crippen molar-refractivity contribution >= 4 is 23.4 Å². The monoisotopic (exact) mass is 252 g/mol. The maximum Gasteiger partial charge on any atom is 0.229 e. The molecule has 0 N–H and O–H groups in total. The fourth-order valence-electron chi connectivity index (χ4n) is 1.89. The van der Waals surface area contributed by atoms with Crippen molar-refractivity contribution in [1.82, 2.24) is 9.88 Å². The number of piperidine rings is 1. The largest absolute Gasteiger partial charge is 0.278 e. The molecule has 2 heterocycles. The number of hydrogen-bond donors (Lipinski definition) is 0. The predicted octanol–water partition coefficient (Wildman–Crippen LogP) is 2.02. The van der Waals surface area contributed by atoms with Gasteiger partial charge in [-0.1, -0.05) is 24.6 Å². The van der Waals surface area contributed by atoms with E-state index >= 15 is 0 Å². The van der Waals surface area contributed by atoms with E-state index in [9.17, 15) is 9.59 Å². The van der Waals surface area contributed by atoms with Gasteiger partial charge in [0.15, 0.2) is 0 Å². The zero-order valence-electron chi connectivity index (χ0n) is 9.52. The summed E-state index contributed by atoms with van der Waals surface area (Å²) in [5, 5.41) is 0.402. The third-order valence-corrected chi connectivity index (χ3v) is 3.00. The Hall–Kier alpha value is -1.42. The highest BCUT2D eigenvalue weighted by Gasteiger charge is 2.30. The average molecular weight is 253 g/mol. The van der Waals surface area contributed by atoms with Gasteiger partial charge in [-0.15, -0.1) is 0 Å². The Morgan fingerprint density at radius 1 is 1.35 bits per heavy atom. The molecule has 5 heteroatoms. The highest BCUT2D eigenvalue weighted by Crippen LogP contribution is 2.20. The Kier molecular flexibility index (Phi) is 3.43. The molecule has 2 rings (SSSR count). The number of carbonyl (C=O) groups is 2. The number of likely N-dealkylation sites (tertiary alicyclic amines) is 1. The average Bonchev–Trinajstić information content (AvgIpc) is 2.26. The van der Waals surface area contributed by atoms with Gasteiger partial charge in [0.25, 0.3) is 0 Å². The number of hydrogen-bond acceptors (Lipinski definition) is 3. The van der Waals surface area contributed by atoms with Crippen molar-refractivity contribution in [2.24, 2.45) is 5.92 Å². The Bertz CT molecular complexity index is 426. The summed E-state index contributed by atoms with van der Waals surface area (Å²) in [7, 11) is 0. The van der Waals surface area contributed by atoms with Crippen LogP contribution in [-0.2, 0) is 16.1 Å². The standard InChI is InChI=1S/C12H13ClN2O2/c1-8-4-11(16)15(12(17)5-8)7-9-2-3-10(13)14-6-9/h2-3,6,8H,4-5,7H2,1H3. The number of carbonyl (C=O) groups excluding carboxylic acids is 2. The van der Waals surface area contributed by atoms with Crippen molar-refractivity contribution in [3.8, 4) is 0 Å². The first-order valence-corrected chi connectivity index (χ1v) is 5.87. The second kappa shape index (κ2) is 4.84. The molecule has 0 saturated carbocycles. The van der Waals surface area contributed by atoms with E-state index in [1.807, 2.05) is 6.92 Å². The lowest BCUT2D eigenvalue weighted by Gasteiger charge is -2.28. The minimum absolute atomic E-state index is 0.108. The van der Waals surface area contributed by atoms with Crippen molar-refractivity contribution in [3.63, 3.8) is 0 Å². The summed E-state index contributed by atoms with van der Waals surface area (Å²) in [5.74, 6) is -0.0676. The lowest BCUT2D eigenvalue weighted by Crippen LogP contribution is -2.42. The SMILES string of the molecule is CC1CC(=O)N(Cc2ccc(Cl)nc2)C(=O)C1. The maximum atomic E-state index is 11.7. The van der Waals surface area contributed by atoms with Gasteiger partial charge >= 0.3 is 0 Å². The van der Waals surface area contributed by atoms with Crippen molar-refractivity contribution in [2.75, 3.05) is 0 Å². The van der Waals surface area contributed by atoms with E-state index in [1.54, 1.807) is 18.3 Å². The van der Waals surface area contributed by atoms with E-state index in [2.05, 4.69) is 4.98 Å². The summed E-state index contributed by atoms with van der Waals surface area (Å²) < 4.78 is 0. The summed E-state index contributed by atoms with van der Waals surface area (Å²) in [6.45, 7) is 2.20. The highest BCUT2D eigenvalue weighted by molar-refractivity contribution is 6.29. The fraction of sp³-hybridized carbons (Fsp3) is 0.417. The van der Waals surface area contributed by atoms with Gasteiger partial charge in [0.1, 0.15) is 5.15 Å². The lowest BCUT2D eigenvalue weighted by molar-refractivity contribution is -0.150. The lowest BCUT2D eigenvalue weighted by atomic mass is 9.97. The Labute approximate surface area is 105 Å². The molecule has 0 aromatic carbocycles. The normalized spacial score (nSPS) is 17.6. The quantitative estimate of drug-likeness (QED) is 0.598. The third-order valence-electron chi connectivity index (χ3n) is 2.78. The minimum atomic E-state index is -0.108. The summed E-state index contributed by atoms with van der Waals surface area (Å²) in [5.41, 5.74) is 0.811. The molecule has 1 aliphatic rings. The van der Waals surface area contributed by atoms with Gasteiger partial charge in [-0.2, -0.15) is 0 Å². The van der Waals surface area contributed by atoms with Crippen LogP contribution in [0.4, 0.5) is 0 Å². The Morgan fingerprint density at radius 2 is 2.00 bits per heavy atom. The van der Waals surface area contributed by atoms with E-state index in [0.717, 1.165) is 5.56 Å². The second-order valence-electron chi connectivity index (χ2n) is 4.38. The van der Waals surface area contributed by atoms with Crippen LogP contribution in [0.15, 0.2) is 18.3 Å². The molecule has 17 heavy (non-hydrogen) atoms. The fourth-order valence-corrected chi connectivity index (χ4v) is 2.00. The molecule has 1 aliphatic heterocycles. The van der Waals surface area contributed by atoms with Gasteiger partial charge in [0.2, 0.25) is 11.8 Å². The minimum Gasteiger partial charge on any atom is -0.278 e. The number of amides is 2. The molecular formula is C12H13ClN2O2. The molecule has 0 bridgehead atoms. The Morgan fingerprint density at radius 3 is 2.53 bits per heavy atom. The third kappa shape index (κ3) is 2.82. The van der Waals surface area contributed by atoms with E-state index in [4.69, 9.17) is 11.6 Å². The second-order valence-corrected chi connectivity index (χ2v) is 4.76. The molecular weight excluding hydrogens is 240 g/mol. The molecule has 0 atom stereocenters. The summed E-state index contributed by atoms with van der Waals surface area (Å²) >= 11 is 5.67. The van der Waals surface area contributed by atoms with Crippen LogP contribution in [-0.4, -0.2) is 21.7 Å². The van der Waals surface area contributed by atoms with Gasteiger partial charge < -0.3 is 0 Å². The number of nitrogens with zero attached hydrogens (tertiary/aromatic N) is 2. The van der Waals surface area contributed by atoms with Gasteiger partial charge in [0.05, 0.1) is 6.54 Å².